The molecule has 0 aliphatic carbocycles. The van der Waals surface area contributed by atoms with Crippen molar-refractivity contribution in [1.82, 2.24) is 5.32 Å². The van der Waals surface area contributed by atoms with Crippen molar-refractivity contribution in [3.63, 3.8) is 0 Å². The summed E-state index contributed by atoms with van der Waals surface area (Å²) in [6.45, 7) is 7.73. The van der Waals surface area contributed by atoms with Gasteiger partial charge in [0.05, 0.1) is 6.10 Å². The summed E-state index contributed by atoms with van der Waals surface area (Å²) in [6.07, 6.45) is 1.25. The number of hydrogen-bond donors (Lipinski definition) is 2. The van der Waals surface area contributed by atoms with Crippen molar-refractivity contribution in [2.75, 3.05) is 18.5 Å². The number of aryl methyl sites for hydroxylation is 1. The molecule has 1 rings (SSSR count). The van der Waals surface area contributed by atoms with Crippen molar-refractivity contribution >= 4 is 23.0 Å². The lowest BCUT2D eigenvalue weighted by Crippen LogP contribution is -2.29. The molecule has 0 fully saturated rings. The number of rotatable bonds is 6. The Morgan fingerprint density at radius 1 is 1.28 bits per heavy atom. The molecule has 0 radical (unpaired) electrons. The molecular formula is C14H22N2OS. The second-order valence-electron chi connectivity index (χ2n) is 4.52. The number of hydrogen-bond acceptors (Lipinski definition) is 2. The number of thiocarbonyl (C=S) groups is 1. The quantitative estimate of drug-likeness (QED) is 0.612. The van der Waals surface area contributed by atoms with Crippen LogP contribution < -0.4 is 10.6 Å². The van der Waals surface area contributed by atoms with E-state index in [1.54, 1.807) is 0 Å². The van der Waals surface area contributed by atoms with E-state index in [0.29, 0.717) is 11.2 Å². The fraction of sp³-hybridized carbons (Fsp3) is 0.500. The highest BCUT2D eigenvalue weighted by molar-refractivity contribution is 7.80. The number of ether oxygens (including phenoxy) is 1. The van der Waals surface area contributed by atoms with Gasteiger partial charge in [-0.1, -0.05) is 17.7 Å². The molecule has 0 unspecified atom stereocenters. The Balaban J connectivity index is 2.16. The summed E-state index contributed by atoms with van der Waals surface area (Å²) in [7, 11) is 0. The first kappa shape index (κ1) is 14.9. The fourth-order valence-corrected chi connectivity index (χ4v) is 1.63. The van der Waals surface area contributed by atoms with Crippen LogP contribution in [0.15, 0.2) is 24.3 Å². The zero-order valence-electron chi connectivity index (χ0n) is 11.3. The van der Waals surface area contributed by atoms with Crippen molar-refractivity contribution in [3.05, 3.63) is 29.8 Å². The summed E-state index contributed by atoms with van der Waals surface area (Å²) in [5.74, 6) is 0. The van der Waals surface area contributed by atoms with Crippen LogP contribution in [0.5, 0.6) is 0 Å². The van der Waals surface area contributed by atoms with E-state index in [-0.39, 0.29) is 0 Å². The van der Waals surface area contributed by atoms with Crippen molar-refractivity contribution in [1.29, 1.82) is 0 Å². The van der Waals surface area contributed by atoms with E-state index in [4.69, 9.17) is 17.0 Å². The summed E-state index contributed by atoms with van der Waals surface area (Å²) in [4.78, 5) is 0. The Bertz CT molecular complexity index is 363. The minimum Gasteiger partial charge on any atom is -0.379 e. The number of anilines is 1. The molecule has 0 heterocycles. The average molecular weight is 266 g/mol. The third-order valence-corrected chi connectivity index (χ3v) is 2.61. The molecule has 0 spiro atoms. The standard InChI is InChI=1S/C14H22N2OS/c1-11(2)17-10-4-9-15-14(18)16-13-7-5-12(3)6-8-13/h5-8,11H,4,9-10H2,1-3H3,(H2,15,16,18). The van der Waals surface area contributed by atoms with Crippen LogP contribution in [0.4, 0.5) is 5.69 Å². The Kier molecular flexibility index (Phi) is 6.68. The first-order valence-corrected chi connectivity index (χ1v) is 6.72. The minimum atomic E-state index is 0.294. The maximum Gasteiger partial charge on any atom is 0.170 e. The highest BCUT2D eigenvalue weighted by Gasteiger charge is 1.97. The number of benzene rings is 1. The molecule has 0 aliphatic heterocycles. The van der Waals surface area contributed by atoms with Gasteiger partial charge in [-0.3, -0.25) is 0 Å². The van der Waals surface area contributed by atoms with E-state index in [1.807, 2.05) is 26.0 Å². The molecule has 1 aromatic rings. The Labute approximate surface area is 115 Å². The van der Waals surface area contributed by atoms with E-state index < -0.39 is 0 Å². The van der Waals surface area contributed by atoms with Crippen LogP contribution in [0.3, 0.4) is 0 Å². The zero-order valence-corrected chi connectivity index (χ0v) is 12.1. The van der Waals surface area contributed by atoms with E-state index >= 15 is 0 Å². The molecule has 0 saturated heterocycles. The second-order valence-corrected chi connectivity index (χ2v) is 4.93. The second kappa shape index (κ2) is 8.06. The summed E-state index contributed by atoms with van der Waals surface area (Å²) in [5, 5.41) is 6.96. The third-order valence-electron chi connectivity index (χ3n) is 2.37. The first-order chi connectivity index (χ1) is 8.58. The average Bonchev–Trinajstić information content (AvgIpc) is 2.31. The van der Waals surface area contributed by atoms with Crippen LogP contribution in [0.25, 0.3) is 0 Å². The molecule has 2 N–H and O–H groups in total. The molecule has 0 aromatic heterocycles. The molecule has 18 heavy (non-hydrogen) atoms. The van der Waals surface area contributed by atoms with E-state index in [0.717, 1.165) is 25.3 Å². The van der Waals surface area contributed by atoms with Crippen molar-refractivity contribution in [2.24, 2.45) is 0 Å². The molecule has 0 saturated carbocycles. The Hall–Kier alpha value is -1.13. The van der Waals surface area contributed by atoms with Gasteiger partial charge in [0.2, 0.25) is 0 Å². The Morgan fingerprint density at radius 2 is 1.94 bits per heavy atom. The zero-order chi connectivity index (χ0) is 13.4. The predicted molar refractivity (Wildman–Crippen MR) is 81.1 cm³/mol. The predicted octanol–water partition coefficient (Wildman–Crippen LogP) is 3.10. The fourth-order valence-electron chi connectivity index (χ4n) is 1.41. The molecule has 0 atom stereocenters. The lowest BCUT2D eigenvalue weighted by molar-refractivity contribution is 0.0777. The third kappa shape index (κ3) is 6.57. The van der Waals surface area contributed by atoms with Gasteiger partial charge in [0, 0.05) is 18.8 Å². The van der Waals surface area contributed by atoms with E-state index in [2.05, 4.69) is 29.7 Å². The molecule has 0 aliphatic rings. The van der Waals surface area contributed by atoms with Crippen molar-refractivity contribution in [2.45, 2.75) is 33.3 Å². The largest absolute Gasteiger partial charge is 0.379 e. The van der Waals surface area contributed by atoms with Crippen molar-refractivity contribution < 1.29 is 4.74 Å². The minimum absolute atomic E-state index is 0.294. The van der Waals surface area contributed by atoms with Gasteiger partial charge in [-0.2, -0.15) is 0 Å². The van der Waals surface area contributed by atoms with Gasteiger partial charge in [-0.05, 0) is 51.5 Å². The molecule has 4 heteroatoms. The van der Waals surface area contributed by atoms with Gasteiger partial charge < -0.3 is 15.4 Å². The maximum absolute atomic E-state index is 5.45. The first-order valence-electron chi connectivity index (χ1n) is 6.31. The summed E-state index contributed by atoms with van der Waals surface area (Å²) < 4.78 is 5.45. The van der Waals surface area contributed by atoms with Gasteiger partial charge in [-0.15, -0.1) is 0 Å². The highest BCUT2D eigenvalue weighted by Crippen LogP contribution is 2.08. The van der Waals surface area contributed by atoms with Crippen LogP contribution in [0.2, 0.25) is 0 Å². The lowest BCUT2D eigenvalue weighted by atomic mass is 10.2. The molecule has 0 bridgehead atoms. The maximum atomic E-state index is 5.45. The highest BCUT2D eigenvalue weighted by atomic mass is 32.1. The van der Waals surface area contributed by atoms with E-state index in [1.165, 1.54) is 5.56 Å². The van der Waals surface area contributed by atoms with Gasteiger partial charge in [-0.25, -0.2) is 0 Å². The van der Waals surface area contributed by atoms with Crippen LogP contribution >= 0.6 is 12.2 Å². The lowest BCUT2D eigenvalue weighted by Gasteiger charge is -2.11. The smallest absolute Gasteiger partial charge is 0.170 e. The van der Waals surface area contributed by atoms with Gasteiger partial charge in [0.1, 0.15) is 0 Å². The summed E-state index contributed by atoms with van der Waals surface area (Å²) >= 11 is 5.21. The van der Waals surface area contributed by atoms with Gasteiger partial charge in [0.15, 0.2) is 5.11 Å². The van der Waals surface area contributed by atoms with Gasteiger partial charge >= 0.3 is 0 Å². The van der Waals surface area contributed by atoms with Gasteiger partial charge in [0.25, 0.3) is 0 Å². The number of nitrogens with one attached hydrogen (secondary N) is 2. The topological polar surface area (TPSA) is 33.3 Å². The summed E-state index contributed by atoms with van der Waals surface area (Å²) in [5.41, 5.74) is 2.25. The molecule has 1 aromatic carbocycles. The monoisotopic (exact) mass is 266 g/mol. The van der Waals surface area contributed by atoms with Crippen LogP contribution in [-0.2, 0) is 4.74 Å². The van der Waals surface area contributed by atoms with Crippen LogP contribution in [0.1, 0.15) is 25.8 Å². The molecule has 3 nitrogen and oxygen atoms in total. The van der Waals surface area contributed by atoms with Crippen LogP contribution in [0, 0.1) is 6.92 Å². The van der Waals surface area contributed by atoms with Crippen molar-refractivity contribution in [3.8, 4) is 0 Å². The van der Waals surface area contributed by atoms with Crippen LogP contribution in [-0.4, -0.2) is 24.4 Å². The Morgan fingerprint density at radius 3 is 2.56 bits per heavy atom. The normalized spacial score (nSPS) is 10.4. The molecular weight excluding hydrogens is 244 g/mol. The summed E-state index contributed by atoms with van der Waals surface area (Å²) in [6, 6.07) is 8.15. The molecule has 0 amide bonds. The van der Waals surface area contributed by atoms with E-state index in [9.17, 15) is 0 Å². The SMILES string of the molecule is Cc1ccc(NC(=S)NCCCOC(C)C)cc1. The molecule has 100 valence electrons.